The summed E-state index contributed by atoms with van der Waals surface area (Å²) < 4.78 is 0. The van der Waals surface area contributed by atoms with Crippen LogP contribution in [0.4, 0.5) is 17.1 Å². The number of fused-ring (bicyclic) bond motifs is 13. The first-order valence-corrected chi connectivity index (χ1v) is 21.5. The Morgan fingerprint density at radius 1 is 0.344 bits per heavy atom. The molecule has 1 heteroatoms. The van der Waals surface area contributed by atoms with Crippen molar-refractivity contribution in [2.75, 3.05) is 4.90 Å². The van der Waals surface area contributed by atoms with Gasteiger partial charge in [0.2, 0.25) is 0 Å². The number of hydrogen-bond donors (Lipinski definition) is 0. The molecule has 0 radical (unpaired) electrons. The maximum atomic E-state index is 2.53. The van der Waals surface area contributed by atoms with Gasteiger partial charge in [0, 0.05) is 22.4 Å². The van der Waals surface area contributed by atoms with Crippen molar-refractivity contribution in [3.8, 4) is 44.5 Å². The van der Waals surface area contributed by atoms with Gasteiger partial charge < -0.3 is 4.90 Å². The van der Waals surface area contributed by atoms with Crippen LogP contribution in [-0.2, 0) is 10.8 Å². The maximum absolute atomic E-state index is 2.53. The Hall–Kier alpha value is -7.48. The van der Waals surface area contributed by atoms with Crippen molar-refractivity contribution < 1.29 is 0 Å². The summed E-state index contributed by atoms with van der Waals surface area (Å²) in [6, 6.07) is 79.7. The van der Waals surface area contributed by atoms with Crippen LogP contribution in [0.2, 0.25) is 0 Å². The van der Waals surface area contributed by atoms with E-state index in [1.54, 1.807) is 0 Å². The highest BCUT2D eigenvalue weighted by atomic mass is 15.1. The van der Waals surface area contributed by atoms with Gasteiger partial charge in [-0.1, -0.05) is 196 Å². The molecule has 0 saturated carbocycles. The van der Waals surface area contributed by atoms with Gasteiger partial charge in [-0.3, -0.25) is 0 Å². The van der Waals surface area contributed by atoms with E-state index in [-0.39, 0.29) is 5.41 Å². The molecular formula is C60H41N. The number of benzene rings is 10. The number of anilines is 3. The van der Waals surface area contributed by atoms with Crippen LogP contribution in [0.1, 0.15) is 47.2 Å². The van der Waals surface area contributed by atoms with Crippen molar-refractivity contribution in [3.05, 3.63) is 246 Å². The highest BCUT2D eigenvalue weighted by Gasteiger charge is 2.51. The average molecular weight is 776 g/mol. The molecule has 10 aromatic rings. The van der Waals surface area contributed by atoms with Crippen LogP contribution in [0.25, 0.3) is 66.1 Å². The van der Waals surface area contributed by atoms with E-state index in [0.29, 0.717) is 0 Å². The van der Waals surface area contributed by atoms with Crippen molar-refractivity contribution in [2.24, 2.45) is 0 Å². The van der Waals surface area contributed by atoms with Gasteiger partial charge in [-0.05, 0) is 124 Å². The minimum absolute atomic E-state index is 0.263. The summed E-state index contributed by atoms with van der Waals surface area (Å²) in [5.74, 6) is 0. The molecule has 3 aliphatic carbocycles. The lowest BCUT2D eigenvalue weighted by Gasteiger charge is -2.39. The first-order valence-electron chi connectivity index (χ1n) is 21.5. The van der Waals surface area contributed by atoms with Gasteiger partial charge in [-0.25, -0.2) is 0 Å². The third kappa shape index (κ3) is 4.50. The fraction of sp³-hybridized carbons (Fsp3) is 0.0667. The standard InChI is InChI=1S/C60H41N/c1-59(2)53-32-15-19-39-33-36-55(57(56(39)53)49-28-16-27-48(58(49)59)43-26-14-18-38-17-6-7-22-42(38)43)61(40-20-4-3-5-21-40)41-34-35-47-46-25-10-13-31-52(46)60(54(47)37-41)50-29-11-8-23-44(50)45-24-9-12-30-51(45)60/h3-37H,1-2H3. The van der Waals surface area contributed by atoms with Gasteiger partial charge in [0.15, 0.2) is 0 Å². The molecule has 0 fully saturated rings. The van der Waals surface area contributed by atoms with E-state index in [1.165, 1.54) is 105 Å². The molecule has 0 bridgehead atoms. The molecular weight excluding hydrogens is 735 g/mol. The summed E-state index contributed by atoms with van der Waals surface area (Å²) in [6.45, 7) is 4.85. The molecule has 0 amide bonds. The monoisotopic (exact) mass is 775 g/mol. The molecule has 13 rings (SSSR count). The lowest BCUT2D eigenvalue weighted by molar-refractivity contribution is 0.647. The molecule has 0 aromatic heterocycles. The Kier molecular flexibility index (Phi) is 7.06. The van der Waals surface area contributed by atoms with Crippen LogP contribution in [-0.4, -0.2) is 0 Å². The first kappa shape index (κ1) is 34.4. The third-order valence-electron chi connectivity index (χ3n) is 14.2. The number of nitrogens with zero attached hydrogens (tertiary/aromatic N) is 1. The highest BCUT2D eigenvalue weighted by Crippen LogP contribution is 2.64. The van der Waals surface area contributed by atoms with E-state index in [1.807, 2.05) is 0 Å². The fourth-order valence-electron chi connectivity index (χ4n) is 11.8. The average Bonchev–Trinajstić information content (AvgIpc) is 3.78. The fourth-order valence-corrected chi connectivity index (χ4v) is 11.8. The second kappa shape index (κ2) is 12.5. The lowest BCUT2D eigenvalue weighted by Crippen LogP contribution is -2.26. The van der Waals surface area contributed by atoms with E-state index in [0.717, 1.165) is 11.4 Å². The number of rotatable bonds is 4. The van der Waals surface area contributed by atoms with Crippen LogP contribution in [0.5, 0.6) is 0 Å². The van der Waals surface area contributed by atoms with Gasteiger partial charge in [-0.15, -0.1) is 0 Å². The Morgan fingerprint density at radius 2 is 0.869 bits per heavy atom. The predicted octanol–water partition coefficient (Wildman–Crippen LogP) is 15.8. The Labute approximate surface area is 356 Å². The van der Waals surface area contributed by atoms with Gasteiger partial charge >= 0.3 is 0 Å². The van der Waals surface area contributed by atoms with Gasteiger partial charge in [-0.2, -0.15) is 0 Å². The Balaban J connectivity index is 1.11. The van der Waals surface area contributed by atoms with Gasteiger partial charge in [0.1, 0.15) is 0 Å². The van der Waals surface area contributed by atoms with E-state index in [4.69, 9.17) is 0 Å². The molecule has 0 N–H and O–H groups in total. The van der Waals surface area contributed by atoms with E-state index < -0.39 is 5.41 Å². The van der Waals surface area contributed by atoms with E-state index in [2.05, 4.69) is 231 Å². The molecule has 61 heavy (non-hydrogen) atoms. The molecule has 10 aromatic carbocycles. The Bertz CT molecular complexity index is 3390. The molecule has 1 nitrogen and oxygen atoms in total. The topological polar surface area (TPSA) is 3.24 Å². The lowest BCUT2D eigenvalue weighted by atomic mass is 9.66. The van der Waals surface area contributed by atoms with Crippen LogP contribution >= 0.6 is 0 Å². The summed E-state index contributed by atoms with van der Waals surface area (Å²) in [5, 5.41) is 5.13. The summed E-state index contributed by atoms with van der Waals surface area (Å²) in [4.78, 5) is 2.53. The summed E-state index contributed by atoms with van der Waals surface area (Å²) >= 11 is 0. The Morgan fingerprint density at radius 3 is 1.61 bits per heavy atom. The van der Waals surface area contributed by atoms with E-state index in [9.17, 15) is 0 Å². The molecule has 1 spiro atoms. The zero-order valence-electron chi connectivity index (χ0n) is 34.2. The van der Waals surface area contributed by atoms with Gasteiger partial charge in [0.05, 0.1) is 11.1 Å². The second-order valence-electron chi connectivity index (χ2n) is 17.5. The maximum Gasteiger partial charge on any atom is 0.0726 e. The summed E-state index contributed by atoms with van der Waals surface area (Å²) in [7, 11) is 0. The number of para-hydroxylation sites is 1. The minimum Gasteiger partial charge on any atom is -0.310 e. The second-order valence-corrected chi connectivity index (χ2v) is 17.5. The van der Waals surface area contributed by atoms with Crippen molar-refractivity contribution in [1.82, 2.24) is 0 Å². The normalized spacial score (nSPS) is 14.3. The van der Waals surface area contributed by atoms with Crippen molar-refractivity contribution in [2.45, 2.75) is 24.7 Å². The van der Waals surface area contributed by atoms with Crippen molar-refractivity contribution in [1.29, 1.82) is 0 Å². The molecule has 0 saturated heterocycles. The van der Waals surface area contributed by atoms with Crippen molar-refractivity contribution in [3.63, 3.8) is 0 Å². The van der Waals surface area contributed by atoms with E-state index >= 15 is 0 Å². The van der Waals surface area contributed by atoms with Gasteiger partial charge in [0.25, 0.3) is 0 Å². The first-order chi connectivity index (χ1) is 30.0. The minimum atomic E-state index is -0.438. The largest absolute Gasteiger partial charge is 0.310 e. The molecule has 0 aliphatic heterocycles. The van der Waals surface area contributed by atoms with Crippen molar-refractivity contribution >= 4 is 38.6 Å². The van der Waals surface area contributed by atoms with Crippen LogP contribution in [0.15, 0.2) is 212 Å². The highest BCUT2D eigenvalue weighted by molar-refractivity contribution is 6.12. The zero-order chi connectivity index (χ0) is 40.5. The zero-order valence-corrected chi connectivity index (χ0v) is 34.2. The summed E-state index contributed by atoms with van der Waals surface area (Å²) in [5.41, 5.74) is 21.3. The molecule has 3 aliphatic rings. The van der Waals surface area contributed by atoms with Crippen LogP contribution < -0.4 is 4.90 Å². The smallest absolute Gasteiger partial charge is 0.0726 e. The molecule has 0 unspecified atom stereocenters. The third-order valence-corrected chi connectivity index (χ3v) is 14.2. The van der Waals surface area contributed by atoms with Crippen LogP contribution in [0, 0.1) is 0 Å². The summed E-state index contributed by atoms with van der Waals surface area (Å²) in [6.07, 6.45) is 0. The number of hydrogen-bond acceptors (Lipinski definition) is 1. The molecule has 286 valence electrons. The predicted molar refractivity (Wildman–Crippen MR) is 255 cm³/mol. The SMILES string of the molecule is CC1(C)c2c(-c3cccc4ccccc34)cccc2-c2c(N(c3ccccc3)c3ccc4c(c3)C3(c5ccccc5-c5ccccc53)c3ccccc3-4)ccc3cccc1c23. The quantitative estimate of drug-likeness (QED) is 0.172. The molecule has 0 atom stereocenters. The molecule has 0 heterocycles. The van der Waals surface area contributed by atoms with Crippen LogP contribution in [0.3, 0.4) is 0 Å².